The van der Waals surface area contributed by atoms with Crippen molar-refractivity contribution in [1.29, 1.82) is 0 Å². The summed E-state index contributed by atoms with van der Waals surface area (Å²) < 4.78 is 5.45. The van der Waals surface area contributed by atoms with E-state index in [2.05, 4.69) is 33.8 Å². The van der Waals surface area contributed by atoms with Gasteiger partial charge in [-0.25, -0.2) is 9.97 Å². The second-order valence-corrected chi connectivity index (χ2v) is 6.87. The molecular formula is C20H26N6O. The van der Waals surface area contributed by atoms with E-state index in [1.807, 2.05) is 37.3 Å². The zero-order valence-corrected chi connectivity index (χ0v) is 15.6. The van der Waals surface area contributed by atoms with Crippen LogP contribution in [0.2, 0.25) is 0 Å². The van der Waals surface area contributed by atoms with Gasteiger partial charge in [0.25, 0.3) is 0 Å². The van der Waals surface area contributed by atoms with E-state index in [4.69, 9.17) is 14.7 Å². The summed E-state index contributed by atoms with van der Waals surface area (Å²) in [6.45, 7) is 5.60. The summed E-state index contributed by atoms with van der Waals surface area (Å²) in [4.78, 5) is 9.50. The molecule has 0 saturated carbocycles. The molecule has 1 aliphatic rings. The van der Waals surface area contributed by atoms with E-state index < -0.39 is 0 Å². The van der Waals surface area contributed by atoms with E-state index in [1.165, 1.54) is 0 Å². The number of H-pyrrole nitrogens is 1. The highest BCUT2D eigenvalue weighted by atomic mass is 16.5. The number of hydrogen-bond donors (Lipinski definition) is 3. The molecule has 0 amide bonds. The van der Waals surface area contributed by atoms with Crippen molar-refractivity contribution in [3.63, 3.8) is 0 Å². The van der Waals surface area contributed by atoms with Crippen LogP contribution in [0.5, 0.6) is 0 Å². The fourth-order valence-electron chi connectivity index (χ4n) is 3.19. The highest BCUT2D eigenvalue weighted by Gasteiger charge is 2.16. The Bertz CT molecular complexity index is 923. The molecule has 0 unspecified atom stereocenters. The molecule has 1 fully saturated rings. The summed E-state index contributed by atoms with van der Waals surface area (Å²) in [7, 11) is 0. The van der Waals surface area contributed by atoms with Gasteiger partial charge in [-0.15, -0.1) is 0 Å². The molecule has 4 rings (SSSR count). The molecule has 3 aromatic rings. The van der Waals surface area contributed by atoms with Gasteiger partial charge >= 0.3 is 0 Å². The lowest BCUT2D eigenvalue weighted by Crippen LogP contribution is -2.28. The summed E-state index contributed by atoms with van der Waals surface area (Å²) in [5.74, 6) is 2.95. The van der Waals surface area contributed by atoms with Gasteiger partial charge in [-0.3, -0.25) is 5.10 Å². The monoisotopic (exact) mass is 366 g/mol. The van der Waals surface area contributed by atoms with Gasteiger partial charge in [-0.1, -0.05) is 24.3 Å². The second kappa shape index (κ2) is 7.75. The number of aromatic nitrogens is 4. The van der Waals surface area contributed by atoms with Crippen molar-refractivity contribution in [2.24, 2.45) is 0 Å². The molecule has 3 N–H and O–H groups in total. The number of benzene rings is 1. The maximum absolute atomic E-state index is 5.45. The first-order valence-electron chi connectivity index (χ1n) is 9.26. The van der Waals surface area contributed by atoms with Crippen molar-refractivity contribution in [2.75, 3.05) is 23.8 Å². The summed E-state index contributed by atoms with van der Waals surface area (Å²) in [6, 6.07) is 12.4. The van der Waals surface area contributed by atoms with Crippen LogP contribution in [-0.2, 0) is 4.74 Å². The molecule has 0 atom stereocenters. The fraction of sp³-hybridized carbons (Fsp3) is 0.350. The van der Waals surface area contributed by atoms with Crippen LogP contribution < -0.4 is 10.6 Å². The van der Waals surface area contributed by atoms with Crippen molar-refractivity contribution in [3.8, 4) is 11.4 Å². The summed E-state index contributed by atoms with van der Waals surface area (Å²) >= 11 is 0. The van der Waals surface area contributed by atoms with Crippen LogP contribution in [0.15, 0.2) is 36.4 Å². The van der Waals surface area contributed by atoms with Crippen molar-refractivity contribution in [2.45, 2.75) is 32.7 Å². The van der Waals surface area contributed by atoms with Gasteiger partial charge in [0, 0.05) is 44.1 Å². The van der Waals surface area contributed by atoms with Gasteiger partial charge < -0.3 is 15.4 Å². The number of aryl methyl sites for hydroxylation is 2. The summed E-state index contributed by atoms with van der Waals surface area (Å²) in [6.07, 6.45) is 1.95. The zero-order chi connectivity index (χ0) is 18.6. The molecule has 0 aliphatic carbocycles. The molecule has 7 nitrogen and oxygen atoms in total. The molecule has 1 aliphatic heterocycles. The van der Waals surface area contributed by atoms with Crippen LogP contribution >= 0.6 is 0 Å². The number of rotatable bonds is 5. The Kier molecular flexibility index (Phi) is 5.02. The Morgan fingerprint density at radius 1 is 1.04 bits per heavy atom. The van der Waals surface area contributed by atoms with E-state index in [9.17, 15) is 0 Å². The Labute approximate surface area is 160 Å². The molecule has 0 spiro atoms. The number of nitrogens with one attached hydrogen (secondary N) is 3. The Balaban J connectivity index is 0.00000225. The molecule has 1 saturated heterocycles. The SMILES string of the molecule is Cc1cc(Nc2cc(NC3CCOCC3)nc(-c3ccccc3C)n2)n[nH]1.[HH]. The average Bonchev–Trinajstić information content (AvgIpc) is 3.07. The molecule has 27 heavy (non-hydrogen) atoms. The lowest BCUT2D eigenvalue weighted by molar-refractivity contribution is 0.0904. The molecule has 0 radical (unpaired) electrons. The number of anilines is 3. The molecule has 3 heterocycles. The standard InChI is InChI=1S/C20H24N6O.H2/c1-13-5-3-4-6-16(13)20-23-17(21-15-7-9-27-10-8-15)12-18(24-20)22-19-11-14(2)25-26-19;/h3-6,11-12,15H,7-10H2,1-2H3,(H3,21,22,23,24,25,26);1H. The average molecular weight is 366 g/mol. The van der Waals surface area contributed by atoms with Gasteiger partial charge in [0.1, 0.15) is 11.6 Å². The fourth-order valence-corrected chi connectivity index (χ4v) is 3.19. The minimum atomic E-state index is 0. The molecule has 2 aromatic heterocycles. The van der Waals surface area contributed by atoms with E-state index in [0.717, 1.165) is 54.5 Å². The van der Waals surface area contributed by atoms with Crippen LogP contribution in [0.1, 0.15) is 25.5 Å². The van der Waals surface area contributed by atoms with Crippen LogP contribution in [0.4, 0.5) is 17.5 Å². The molecule has 142 valence electrons. The minimum absolute atomic E-state index is 0. The number of hydrogen-bond acceptors (Lipinski definition) is 6. The first-order chi connectivity index (χ1) is 13.2. The molecule has 7 heteroatoms. The maximum atomic E-state index is 5.45. The molecule has 1 aromatic carbocycles. The highest BCUT2D eigenvalue weighted by Crippen LogP contribution is 2.25. The first kappa shape index (κ1) is 17.5. The molecule has 0 bridgehead atoms. The normalized spacial score (nSPS) is 14.9. The number of aromatic amines is 1. The zero-order valence-electron chi connectivity index (χ0n) is 15.6. The van der Waals surface area contributed by atoms with Crippen molar-refractivity contribution in [3.05, 3.63) is 47.7 Å². The smallest absolute Gasteiger partial charge is 0.164 e. The molecular weight excluding hydrogens is 340 g/mol. The Hall–Kier alpha value is -2.93. The Morgan fingerprint density at radius 3 is 2.56 bits per heavy atom. The quantitative estimate of drug-likeness (QED) is 0.631. The van der Waals surface area contributed by atoms with Crippen LogP contribution in [0.25, 0.3) is 11.4 Å². The van der Waals surface area contributed by atoms with Gasteiger partial charge in [-0.2, -0.15) is 5.10 Å². The van der Waals surface area contributed by atoms with Crippen LogP contribution in [0.3, 0.4) is 0 Å². The van der Waals surface area contributed by atoms with Crippen LogP contribution in [-0.4, -0.2) is 39.4 Å². The number of ether oxygens (including phenoxy) is 1. The first-order valence-corrected chi connectivity index (χ1v) is 9.26. The van der Waals surface area contributed by atoms with Gasteiger partial charge in [0.15, 0.2) is 11.6 Å². The third-order valence-electron chi connectivity index (χ3n) is 4.65. The topological polar surface area (TPSA) is 87.8 Å². The third kappa shape index (κ3) is 4.25. The van der Waals surface area contributed by atoms with E-state index in [0.29, 0.717) is 17.7 Å². The third-order valence-corrected chi connectivity index (χ3v) is 4.65. The largest absolute Gasteiger partial charge is 0.381 e. The Morgan fingerprint density at radius 2 is 1.81 bits per heavy atom. The van der Waals surface area contributed by atoms with E-state index >= 15 is 0 Å². The van der Waals surface area contributed by atoms with Crippen molar-refractivity contribution < 1.29 is 6.16 Å². The van der Waals surface area contributed by atoms with Gasteiger partial charge in [-0.05, 0) is 32.3 Å². The predicted octanol–water partition coefficient (Wildman–Crippen LogP) is 4.06. The van der Waals surface area contributed by atoms with E-state index in [-0.39, 0.29) is 1.43 Å². The highest BCUT2D eigenvalue weighted by molar-refractivity contribution is 5.66. The lowest BCUT2D eigenvalue weighted by Gasteiger charge is -2.24. The summed E-state index contributed by atoms with van der Waals surface area (Å²) in [5.41, 5.74) is 3.16. The number of nitrogens with zero attached hydrogens (tertiary/aromatic N) is 3. The van der Waals surface area contributed by atoms with E-state index in [1.54, 1.807) is 0 Å². The summed E-state index contributed by atoms with van der Waals surface area (Å²) in [5, 5.41) is 14.0. The lowest BCUT2D eigenvalue weighted by atomic mass is 10.1. The van der Waals surface area contributed by atoms with Crippen molar-refractivity contribution >= 4 is 17.5 Å². The second-order valence-electron chi connectivity index (χ2n) is 6.87. The predicted molar refractivity (Wildman–Crippen MR) is 108 cm³/mol. The van der Waals surface area contributed by atoms with Crippen LogP contribution in [0, 0.1) is 13.8 Å². The van der Waals surface area contributed by atoms with Crippen molar-refractivity contribution in [1.82, 2.24) is 20.2 Å². The minimum Gasteiger partial charge on any atom is -0.381 e. The maximum Gasteiger partial charge on any atom is 0.164 e. The van der Waals surface area contributed by atoms with Gasteiger partial charge in [0.05, 0.1) is 0 Å². The van der Waals surface area contributed by atoms with Gasteiger partial charge in [0.2, 0.25) is 0 Å².